The molecule has 2 aliphatic rings. The van der Waals surface area contributed by atoms with Crippen molar-refractivity contribution < 1.29 is 18.3 Å². The third kappa shape index (κ3) is 1.86. The van der Waals surface area contributed by atoms with Crippen LogP contribution in [0.3, 0.4) is 0 Å². The third-order valence-electron chi connectivity index (χ3n) is 2.92. The largest absolute Gasteiger partial charge is 0.480 e. The number of fused-ring (bicyclic) bond motifs is 1. The van der Waals surface area contributed by atoms with Gasteiger partial charge >= 0.3 is 5.97 Å². The summed E-state index contributed by atoms with van der Waals surface area (Å²) in [5.41, 5.74) is 0. The molecule has 2 fully saturated rings. The highest BCUT2D eigenvalue weighted by Crippen LogP contribution is 2.29. The Balaban J connectivity index is 2.19. The fraction of sp³-hybridized carbons (Fsp3) is 0.875. The quantitative estimate of drug-likeness (QED) is 0.697. The molecular formula is C8H14N2O4S. The molecule has 0 aromatic heterocycles. The van der Waals surface area contributed by atoms with E-state index in [2.05, 4.69) is 0 Å². The fourth-order valence-electron chi connectivity index (χ4n) is 2.23. The van der Waals surface area contributed by atoms with E-state index in [0.717, 1.165) is 23.6 Å². The first kappa shape index (κ1) is 10.8. The molecule has 2 heterocycles. The minimum absolute atomic E-state index is 0.0110. The van der Waals surface area contributed by atoms with Gasteiger partial charge in [-0.1, -0.05) is 6.42 Å². The van der Waals surface area contributed by atoms with E-state index < -0.39 is 22.7 Å². The van der Waals surface area contributed by atoms with Crippen molar-refractivity contribution in [3.8, 4) is 0 Å². The fourth-order valence-corrected chi connectivity index (χ4v) is 4.07. The van der Waals surface area contributed by atoms with Crippen molar-refractivity contribution in [2.24, 2.45) is 0 Å². The molecule has 0 radical (unpaired) electrons. The maximum atomic E-state index is 11.9. The molecule has 1 atom stereocenters. The van der Waals surface area contributed by atoms with Crippen LogP contribution >= 0.6 is 0 Å². The molecule has 2 rings (SSSR count). The Hall–Kier alpha value is -0.660. The number of carbonyl (C=O) groups is 1. The Morgan fingerprint density at radius 1 is 1.40 bits per heavy atom. The lowest BCUT2D eigenvalue weighted by atomic mass is 10.1. The number of hydrogen-bond donors (Lipinski definition) is 1. The van der Waals surface area contributed by atoms with Crippen molar-refractivity contribution >= 4 is 16.2 Å². The normalized spacial score (nSPS) is 31.3. The molecule has 86 valence electrons. The maximum Gasteiger partial charge on any atom is 0.318 e. The molecule has 0 aliphatic carbocycles. The summed E-state index contributed by atoms with van der Waals surface area (Å²) in [6.45, 7) is 0.438. The minimum Gasteiger partial charge on any atom is -0.480 e. The zero-order chi connectivity index (χ0) is 11.1. The van der Waals surface area contributed by atoms with Gasteiger partial charge in [-0.2, -0.15) is 17.0 Å². The van der Waals surface area contributed by atoms with E-state index in [4.69, 9.17) is 5.11 Å². The smallest absolute Gasteiger partial charge is 0.318 e. The standard InChI is InChI=1S/C8H14N2O4S/c11-8(12)6-9-5-7-3-1-2-4-10(7)15(9,13)14/h7H,1-6H2,(H,11,12)/t7-/m0/s1. The summed E-state index contributed by atoms with van der Waals surface area (Å²) in [6.07, 6.45) is 2.74. The highest BCUT2D eigenvalue weighted by Gasteiger charge is 2.45. The first-order valence-electron chi connectivity index (χ1n) is 5.00. The SMILES string of the molecule is O=C(O)CN1C[C@@H]2CCCCN2S1(=O)=O. The van der Waals surface area contributed by atoms with E-state index in [1.54, 1.807) is 0 Å². The summed E-state index contributed by atoms with van der Waals surface area (Å²) in [5, 5.41) is 8.62. The molecule has 0 bridgehead atoms. The molecule has 2 saturated heterocycles. The second-order valence-corrected chi connectivity index (χ2v) is 5.84. The Morgan fingerprint density at radius 3 is 2.73 bits per heavy atom. The van der Waals surface area contributed by atoms with E-state index in [9.17, 15) is 13.2 Å². The van der Waals surface area contributed by atoms with Crippen molar-refractivity contribution in [3.63, 3.8) is 0 Å². The Bertz CT molecular complexity index is 367. The van der Waals surface area contributed by atoms with Gasteiger partial charge in [0.2, 0.25) is 0 Å². The van der Waals surface area contributed by atoms with Crippen LogP contribution in [-0.2, 0) is 15.0 Å². The van der Waals surface area contributed by atoms with Crippen molar-refractivity contribution in [3.05, 3.63) is 0 Å². The van der Waals surface area contributed by atoms with E-state index in [0.29, 0.717) is 13.1 Å². The first-order chi connectivity index (χ1) is 7.01. The zero-order valence-electron chi connectivity index (χ0n) is 8.29. The summed E-state index contributed by atoms with van der Waals surface area (Å²) in [6, 6.07) is -0.0110. The number of aliphatic carboxylic acids is 1. The van der Waals surface area contributed by atoms with Gasteiger partial charge in [0.05, 0.1) is 0 Å². The maximum absolute atomic E-state index is 11.9. The molecule has 0 spiro atoms. The summed E-state index contributed by atoms with van der Waals surface area (Å²) >= 11 is 0. The Morgan fingerprint density at radius 2 is 2.13 bits per heavy atom. The molecule has 0 unspecified atom stereocenters. The molecule has 6 nitrogen and oxygen atoms in total. The molecule has 1 N–H and O–H groups in total. The average Bonchev–Trinajstić information content (AvgIpc) is 2.39. The van der Waals surface area contributed by atoms with Crippen LogP contribution in [0.4, 0.5) is 0 Å². The van der Waals surface area contributed by atoms with Crippen LogP contribution in [0.5, 0.6) is 0 Å². The van der Waals surface area contributed by atoms with E-state index in [1.165, 1.54) is 4.31 Å². The van der Waals surface area contributed by atoms with Crippen molar-refractivity contribution in [1.29, 1.82) is 0 Å². The highest BCUT2D eigenvalue weighted by atomic mass is 32.2. The van der Waals surface area contributed by atoms with Crippen molar-refractivity contribution in [2.75, 3.05) is 19.6 Å². The highest BCUT2D eigenvalue weighted by molar-refractivity contribution is 7.87. The van der Waals surface area contributed by atoms with Crippen LogP contribution in [0.2, 0.25) is 0 Å². The number of piperidine rings is 1. The van der Waals surface area contributed by atoms with Crippen LogP contribution in [0.15, 0.2) is 0 Å². The molecular weight excluding hydrogens is 220 g/mol. The minimum atomic E-state index is -3.50. The van der Waals surface area contributed by atoms with Gasteiger partial charge in [0.25, 0.3) is 10.2 Å². The van der Waals surface area contributed by atoms with Gasteiger partial charge in [0.15, 0.2) is 0 Å². The van der Waals surface area contributed by atoms with Gasteiger partial charge in [-0.15, -0.1) is 0 Å². The van der Waals surface area contributed by atoms with E-state index in [1.807, 2.05) is 0 Å². The lowest BCUT2D eigenvalue weighted by Gasteiger charge is -2.26. The number of hydrogen-bond acceptors (Lipinski definition) is 3. The second-order valence-electron chi connectivity index (χ2n) is 3.95. The van der Waals surface area contributed by atoms with Gasteiger partial charge in [-0.05, 0) is 12.8 Å². The molecule has 0 amide bonds. The summed E-state index contributed by atoms with van der Waals surface area (Å²) in [7, 11) is -3.50. The lowest BCUT2D eigenvalue weighted by molar-refractivity contribution is -0.137. The molecule has 15 heavy (non-hydrogen) atoms. The third-order valence-corrected chi connectivity index (χ3v) is 4.93. The predicted molar refractivity (Wildman–Crippen MR) is 52.5 cm³/mol. The summed E-state index contributed by atoms with van der Waals surface area (Å²) in [4.78, 5) is 10.5. The number of carboxylic acids is 1. The second kappa shape index (κ2) is 3.73. The monoisotopic (exact) mass is 234 g/mol. The van der Waals surface area contributed by atoms with Crippen LogP contribution in [-0.4, -0.2) is 53.8 Å². The van der Waals surface area contributed by atoms with Gasteiger partial charge in [-0.25, -0.2) is 0 Å². The van der Waals surface area contributed by atoms with Crippen molar-refractivity contribution in [2.45, 2.75) is 25.3 Å². The molecule has 0 saturated carbocycles. The van der Waals surface area contributed by atoms with E-state index in [-0.39, 0.29) is 6.04 Å². The zero-order valence-corrected chi connectivity index (χ0v) is 9.11. The number of rotatable bonds is 2. The molecule has 0 aromatic rings. The van der Waals surface area contributed by atoms with Gasteiger partial charge in [0.1, 0.15) is 6.54 Å². The summed E-state index contributed by atoms with van der Waals surface area (Å²) < 4.78 is 26.2. The van der Waals surface area contributed by atoms with Gasteiger partial charge < -0.3 is 5.11 Å². The van der Waals surface area contributed by atoms with Crippen molar-refractivity contribution in [1.82, 2.24) is 8.61 Å². The summed E-state index contributed by atoms with van der Waals surface area (Å²) in [5.74, 6) is -1.10. The van der Waals surface area contributed by atoms with Gasteiger partial charge in [0, 0.05) is 19.1 Å². The van der Waals surface area contributed by atoms with Crippen LogP contribution in [0, 0.1) is 0 Å². The van der Waals surface area contributed by atoms with Gasteiger partial charge in [-0.3, -0.25) is 4.79 Å². The molecule has 2 aliphatic heterocycles. The van der Waals surface area contributed by atoms with E-state index >= 15 is 0 Å². The average molecular weight is 234 g/mol. The Labute approximate surface area is 88.7 Å². The first-order valence-corrected chi connectivity index (χ1v) is 6.40. The topological polar surface area (TPSA) is 77.9 Å². The van der Waals surface area contributed by atoms with Crippen LogP contribution < -0.4 is 0 Å². The number of carboxylic acid groups (broad SMARTS) is 1. The predicted octanol–water partition coefficient (Wildman–Crippen LogP) is -0.514. The lowest BCUT2D eigenvalue weighted by Crippen LogP contribution is -2.39. The van der Waals surface area contributed by atoms with Crippen LogP contribution in [0.1, 0.15) is 19.3 Å². The number of nitrogens with zero attached hydrogens (tertiary/aromatic N) is 2. The van der Waals surface area contributed by atoms with Crippen LogP contribution in [0.25, 0.3) is 0 Å². The Kier molecular flexibility index (Phi) is 2.70. The molecule has 7 heteroatoms. The molecule has 0 aromatic carbocycles.